The second-order valence-electron chi connectivity index (χ2n) is 11.0. The Hall–Kier alpha value is -5.18. The van der Waals surface area contributed by atoms with Crippen molar-refractivity contribution in [2.75, 3.05) is 19.8 Å². The first-order chi connectivity index (χ1) is 22.0. The molecule has 2 heterocycles. The number of esters is 2. The normalized spacial score (nSPS) is 23.6. The summed E-state index contributed by atoms with van der Waals surface area (Å²) in [4.78, 5) is 75.1. The molecular formula is C31H33N3O12. The van der Waals surface area contributed by atoms with Crippen LogP contribution in [-0.2, 0) is 42.9 Å². The molecule has 2 aliphatic heterocycles. The number of carboxylic acid groups (broad SMARTS) is 1. The standard InChI is InChI=1S/C31H33N3O12/c1-15(35)32-25-27(46-17(3)37)26(45-16(2)36)24-14-44-31(41)34(24)28(25)42-13-23(29(38)39)33-30(40)43-12-22-20-10-6-4-8-18(20)19-9-5-7-11-21(19)22/h4-11,22-28H,12-14H2,1-3H3,(H,32,35)(H,33,40)(H,38,39)/t23-,24+,25+,26+,27+,28+/m0/s1. The van der Waals surface area contributed by atoms with Crippen molar-refractivity contribution in [1.82, 2.24) is 15.5 Å². The molecule has 0 bridgehead atoms. The van der Waals surface area contributed by atoms with E-state index in [9.17, 15) is 33.9 Å². The highest BCUT2D eigenvalue weighted by atomic mass is 16.6. The molecule has 0 spiro atoms. The Labute approximate surface area is 263 Å². The zero-order valence-corrected chi connectivity index (χ0v) is 25.2. The Balaban J connectivity index is 1.31. The number of carbonyl (C=O) groups is 6. The molecule has 46 heavy (non-hydrogen) atoms. The number of carboxylic acids is 1. The van der Waals surface area contributed by atoms with Crippen LogP contribution in [0.25, 0.3) is 11.1 Å². The van der Waals surface area contributed by atoms with E-state index in [2.05, 4.69) is 10.6 Å². The van der Waals surface area contributed by atoms with Crippen molar-refractivity contribution in [3.05, 3.63) is 59.7 Å². The van der Waals surface area contributed by atoms with E-state index in [1.807, 2.05) is 48.5 Å². The third kappa shape index (κ3) is 6.59. The maximum absolute atomic E-state index is 12.9. The fourth-order valence-electron chi connectivity index (χ4n) is 6.14. The molecule has 0 radical (unpaired) electrons. The maximum Gasteiger partial charge on any atom is 0.412 e. The Kier molecular flexibility index (Phi) is 9.41. The molecule has 2 aromatic carbocycles. The van der Waals surface area contributed by atoms with Gasteiger partial charge in [-0.2, -0.15) is 0 Å². The first-order valence-corrected chi connectivity index (χ1v) is 14.5. The lowest BCUT2D eigenvalue weighted by atomic mass is 9.91. The van der Waals surface area contributed by atoms with Gasteiger partial charge in [0.25, 0.3) is 0 Å². The quantitative estimate of drug-likeness (QED) is 0.251. The molecule has 2 fully saturated rings. The predicted molar refractivity (Wildman–Crippen MR) is 155 cm³/mol. The molecule has 3 N–H and O–H groups in total. The molecule has 6 atom stereocenters. The summed E-state index contributed by atoms with van der Waals surface area (Å²) in [7, 11) is 0. The highest BCUT2D eigenvalue weighted by Gasteiger charge is 2.59. The molecular weight excluding hydrogens is 606 g/mol. The van der Waals surface area contributed by atoms with E-state index >= 15 is 0 Å². The molecule has 244 valence electrons. The third-order valence-electron chi connectivity index (χ3n) is 7.93. The van der Waals surface area contributed by atoms with E-state index in [-0.39, 0.29) is 19.1 Å². The monoisotopic (exact) mass is 639 g/mol. The van der Waals surface area contributed by atoms with Crippen LogP contribution in [0.15, 0.2) is 48.5 Å². The minimum Gasteiger partial charge on any atom is -0.480 e. The van der Waals surface area contributed by atoms with E-state index in [0.717, 1.165) is 47.9 Å². The van der Waals surface area contributed by atoms with E-state index in [1.54, 1.807) is 0 Å². The lowest BCUT2D eigenvalue weighted by molar-refractivity contribution is -0.204. The molecule has 3 amide bonds. The number of benzene rings is 2. The van der Waals surface area contributed by atoms with Crippen molar-refractivity contribution in [2.45, 2.75) is 63.3 Å². The second-order valence-corrected chi connectivity index (χ2v) is 11.0. The zero-order valence-electron chi connectivity index (χ0n) is 25.2. The van der Waals surface area contributed by atoms with Crippen LogP contribution in [0.4, 0.5) is 9.59 Å². The number of alkyl carbamates (subject to hydrolysis) is 1. The summed E-state index contributed by atoms with van der Waals surface area (Å²) >= 11 is 0. The van der Waals surface area contributed by atoms with Crippen molar-refractivity contribution in [3.63, 3.8) is 0 Å². The average Bonchev–Trinajstić information content (AvgIpc) is 3.53. The summed E-state index contributed by atoms with van der Waals surface area (Å²) in [6, 6.07) is 11.5. The van der Waals surface area contributed by atoms with Crippen LogP contribution in [0.5, 0.6) is 0 Å². The molecule has 5 rings (SSSR count). The first kappa shape index (κ1) is 32.2. The number of hydrogen-bond acceptors (Lipinski definition) is 11. The highest BCUT2D eigenvalue weighted by molar-refractivity contribution is 5.81. The summed E-state index contributed by atoms with van der Waals surface area (Å²) in [5.74, 6) is -3.89. The van der Waals surface area contributed by atoms with Crippen LogP contribution in [0.3, 0.4) is 0 Å². The van der Waals surface area contributed by atoms with Gasteiger partial charge in [-0.3, -0.25) is 19.3 Å². The molecule has 2 saturated heterocycles. The number of fused-ring (bicyclic) bond motifs is 4. The highest BCUT2D eigenvalue weighted by Crippen LogP contribution is 2.44. The van der Waals surface area contributed by atoms with Gasteiger partial charge >= 0.3 is 30.1 Å². The van der Waals surface area contributed by atoms with Gasteiger partial charge in [-0.05, 0) is 22.3 Å². The van der Waals surface area contributed by atoms with Gasteiger partial charge in [-0.1, -0.05) is 48.5 Å². The van der Waals surface area contributed by atoms with Gasteiger partial charge in [-0.15, -0.1) is 0 Å². The van der Waals surface area contributed by atoms with E-state index in [0.29, 0.717) is 0 Å². The van der Waals surface area contributed by atoms with Crippen molar-refractivity contribution in [2.24, 2.45) is 0 Å². The summed E-state index contributed by atoms with van der Waals surface area (Å²) in [5, 5.41) is 14.7. The lowest BCUT2D eigenvalue weighted by Crippen LogP contribution is -2.72. The molecule has 1 aliphatic carbocycles. The van der Waals surface area contributed by atoms with Gasteiger partial charge in [0.15, 0.2) is 24.5 Å². The number of ether oxygens (including phenoxy) is 5. The van der Waals surface area contributed by atoms with Gasteiger partial charge in [0.2, 0.25) is 5.91 Å². The molecule has 0 unspecified atom stereocenters. The predicted octanol–water partition coefficient (Wildman–Crippen LogP) is 1.52. The largest absolute Gasteiger partial charge is 0.480 e. The smallest absolute Gasteiger partial charge is 0.412 e. The third-order valence-corrected chi connectivity index (χ3v) is 7.93. The van der Waals surface area contributed by atoms with Gasteiger partial charge in [-0.25, -0.2) is 14.4 Å². The lowest BCUT2D eigenvalue weighted by Gasteiger charge is -2.48. The Morgan fingerprint density at radius 3 is 2.09 bits per heavy atom. The Bertz CT molecular complexity index is 1500. The summed E-state index contributed by atoms with van der Waals surface area (Å²) < 4.78 is 27.3. The van der Waals surface area contributed by atoms with E-state index in [4.69, 9.17) is 23.7 Å². The van der Waals surface area contributed by atoms with Crippen LogP contribution in [-0.4, -0.2) is 102 Å². The summed E-state index contributed by atoms with van der Waals surface area (Å²) in [6.45, 7) is 2.34. The van der Waals surface area contributed by atoms with Crippen molar-refractivity contribution in [3.8, 4) is 11.1 Å². The topological polar surface area (TPSA) is 196 Å². The zero-order chi connectivity index (χ0) is 33.1. The van der Waals surface area contributed by atoms with E-state index in [1.165, 1.54) is 0 Å². The van der Waals surface area contributed by atoms with Crippen LogP contribution in [0.1, 0.15) is 37.8 Å². The number of rotatable bonds is 10. The fraction of sp³-hybridized carbons (Fsp3) is 0.419. The Morgan fingerprint density at radius 2 is 1.52 bits per heavy atom. The van der Waals surface area contributed by atoms with Gasteiger partial charge in [0.1, 0.15) is 25.3 Å². The minimum absolute atomic E-state index is 0.0663. The van der Waals surface area contributed by atoms with Gasteiger partial charge in [0, 0.05) is 26.7 Å². The number of nitrogens with one attached hydrogen (secondary N) is 2. The van der Waals surface area contributed by atoms with Gasteiger partial charge < -0.3 is 39.4 Å². The fourth-order valence-corrected chi connectivity index (χ4v) is 6.14. The van der Waals surface area contributed by atoms with Gasteiger partial charge in [0.05, 0.1) is 6.61 Å². The number of carbonyl (C=O) groups excluding carboxylic acids is 5. The number of amides is 3. The number of aliphatic carboxylic acids is 1. The number of nitrogens with zero attached hydrogens (tertiary/aromatic N) is 1. The number of hydrogen-bond donors (Lipinski definition) is 3. The molecule has 2 aromatic rings. The molecule has 3 aliphatic rings. The van der Waals surface area contributed by atoms with Crippen LogP contribution >= 0.6 is 0 Å². The van der Waals surface area contributed by atoms with Crippen LogP contribution in [0, 0.1) is 0 Å². The minimum atomic E-state index is -1.66. The van der Waals surface area contributed by atoms with Crippen molar-refractivity contribution in [1.29, 1.82) is 0 Å². The molecule has 15 nitrogen and oxygen atoms in total. The molecule has 0 saturated carbocycles. The first-order valence-electron chi connectivity index (χ1n) is 14.5. The van der Waals surface area contributed by atoms with Crippen molar-refractivity contribution >= 4 is 36.0 Å². The second kappa shape index (κ2) is 13.4. The Morgan fingerprint density at radius 1 is 0.935 bits per heavy atom. The van der Waals surface area contributed by atoms with E-state index < -0.39 is 79.2 Å². The number of cyclic esters (lactones) is 1. The summed E-state index contributed by atoms with van der Waals surface area (Å²) in [5.41, 5.74) is 3.98. The van der Waals surface area contributed by atoms with Crippen molar-refractivity contribution < 1.29 is 57.6 Å². The molecule has 0 aromatic heterocycles. The van der Waals surface area contributed by atoms with Crippen LogP contribution in [0.2, 0.25) is 0 Å². The SMILES string of the molecule is CC(=O)N[C@@H]1[C@@H](OC(C)=O)[C@H](OC(C)=O)[C@H]2COC(=O)N2[C@@H]1OC[C@H](NC(=O)OCC1c2ccccc2-c2ccccc21)C(=O)O. The number of piperidine rings is 1. The molecule has 15 heteroatoms. The average molecular weight is 640 g/mol. The van der Waals surface area contributed by atoms with Crippen LogP contribution < -0.4 is 10.6 Å². The summed E-state index contributed by atoms with van der Waals surface area (Å²) in [6.07, 6.45) is -5.97. The maximum atomic E-state index is 12.9.